The number of primary amides is 1. The Kier molecular flexibility index (Phi) is 4.82. The number of aromatic nitrogens is 4. The van der Waals surface area contributed by atoms with Gasteiger partial charge in [0.1, 0.15) is 0 Å². The molecule has 0 unspecified atom stereocenters. The number of H-pyrrole nitrogens is 1. The van der Waals surface area contributed by atoms with E-state index in [9.17, 15) is 4.79 Å². The number of aryl methyl sites for hydroxylation is 1. The summed E-state index contributed by atoms with van der Waals surface area (Å²) in [6.07, 6.45) is 0. The standard InChI is InChI=1S/C21H20N6O2/c1-12-16(14-9-6-10-15(18(22)28)17(14)24-12)19-25-20(21(29-2)27-26-19)23-11-13-7-4-3-5-8-13/h3-10,24H,11H2,1-2H3,(H2,22,28)(H,23,25,26). The lowest BCUT2D eigenvalue weighted by Crippen LogP contribution is -2.11. The second kappa shape index (κ2) is 7.59. The number of methoxy groups -OCH3 is 1. The molecular weight excluding hydrogens is 368 g/mol. The lowest BCUT2D eigenvalue weighted by molar-refractivity contribution is 0.100. The van der Waals surface area contributed by atoms with Crippen molar-refractivity contribution in [2.45, 2.75) is 13.5 Å². The van der Waals surface area contributed by atoms with Crippen LogP contribution in [0, 0.1) is 6.92 Å². The maximum atomic E-state index is 11.8. The molecule has 2 aromatic carbocycles. The number of para-hydroxylation sites is 1. The minimum Gasteiger partial charge on any atom is -0.477 e. The molecule has 1 amide bonds. The van der Waals surface area contributed by atoms with Gasteiger partial charge in [0.2, 0.25) is 0 Å². The van der Waals surface area contributed by atoms with Gasteiger partial charge in [-0.05, 0) is 18.6 Å². The maximum absolute atomic E-state index is 11.8. The topological polar surface area (TPSA) is 119 Å². The third kappa shape index (κ3) is 3.47. The van der Waals surface area contributed by atoms with Crippen molar-refractivity contribution in [2.24, 2.45) is 5.73 Å². The second-order valence-corrected chi connectivity index (χ2v) is 6.55. The Bertz CT molecular complexity index is 1190. The zero-order chi connectivity index (χ0) is 20.4. The van der Waals surface area contributed by atoms with Gasteiger partial charge in [-0.25, -0.2) is 4.98 Å². The summed E-state index contributed by atoms with van der Waals surface area (Å²) in [6, 6.07) is 15.3. The van der Waals surface area contributed by atoms with Gasteiger partial charge in [-0.1, -0.05) is 42.5 Å². The smallest absolute Gasteiger partial charge is 0.276 e. The van der Waals surface area contributed by atoms with Crippen LogP contribution in [0.5, 0.6) is 5.88 Å². The van der Waals surface area contributed by atoms with E-state index >= 15 is 0 Å². The fourth-order valence-electron chi connectivity index (χ4n) is 3.30. The number of benzene rings is 2. The summed E-state index contributed by atoms with van der Waals surface area (Å²) in [5.41, 5.74) is 9.26. The Labute approximate surface area is 167 Å². The summed E-state index contributed by atoms with van der Waals surface area (Å²) in [5, 5.41) is 12.5. The van der Waals surface area contributed by atoms with Crippen molar-refractivity contribution in [3.63, 3.8) is 0 Å². The van der Waals surface area contributed by atoms with Gasteiger partial charge < -0.3 is 20.8 Å². The average molecular weight is 388 g/mol. The summed E-state index contributed by atoms with van der Waals surface area (Å²) in [4.78, 5) is 19.6. The lowest BCUT2D eigenvalue weighted by Gasteiger charge is -2.10. The molecule has 0 atom stereocenters. The van der Waals surface area contributed by atoms with E-state index < -0.39 is 5.91 Å². The number of anilines is 1. The molecule has 0 aliphatic rings. The van der Waals surface area contributed by atoms with Crippen LogP contribution in [0.2, 0.25) is 0 Å². The summed E-state index contributed by atoms with van der Waals surface area (Å²) in [7, 11) is 1.52. The number of nitrogens with zero attached hydrogens (tertiary/aromatic N) is 3. The summed E-state index contributed by atoms with van der Waals surface area (Å²) in [6.45, 7) is 2.46. The number of amides is 1. The SMILES string of the molecule is COc1nnc(-c2c(C)[nH]c3c(C(N)=O)cccc23)nc1NCc1ccccc1. The molecule has 0 spiro atoms. The van der Waals surface area contributed by atoms with Gasteiger partial charge in [-0.3, -0.25) is 4.79 Å². The number of hydrogen-bond acceptors (Lipinski definition) is 6. The molecule has 8 nitrogen and oxygen atoms in total. The zero-order valence-corrected chi connectivity index (χ0v) is 16.1. The number of fused-ring (bicyclic) bond motifs is 1. The van der Waals surface area contributed by atoms with E-state index in [4.69, 9.17) is 10.5 Å². The van der Waals surface area contributed by atoms with Crippen LogP contribution in [0.1, 0.15) is 21.6 Å². The first-order valence-electron chi connectivity index (χ1n) is 9.06. The number of nitrogens with two attached hydrogens (primary N) is 1. The van der Waals surface area contributed by atoms with Crippen LogP contribution in [-0.2, 0) is 6.54 Å². The molecule has 0 radical (unpaired) electrons. The highest BCUT2D eigenvalue weighted by Crippen LogP contribution is 2.33. The van der Waals surface area contributed by atoms with E-state index in [0.717, 1.165) is 22.2 Å². The highest BCUT2D eigenvalue weighted by atomic mass is 16.5. The van der Waals surface area contributed by atoms with Crippen molar-refractivity contribution in [3.8, 4) is 17.3 Å². The van der Waals surface area contributed by atoms with Crippen molar-refractivity contribution < 1.29 is 9.53 Å². The quantitative estimate of drug-likeness (QED) is 0.467. The van der Waals surface area contributed by atoms with Crippen LogP contribution in [-0.4, -0.2) is 33.2 Å². The molecule has 2 heterocycles. The van der Waals surface area contributed by atoms with E-state index in [1.165, 1.54) is 7.11 Å². The average Bonchev–Trinajstić information content (AvgIpc) is 3.08. The van der Waals surface area contributed by atoms with E-state index in [0.29, 0.717) is 35.1 Å². The molecule has 4 rings (SSSR count). The molecular formula is C21H20N6O2. The molecule has 29 heavy (non-hydrogen) atoms. The first-order valence-corrected chi connectivity index (χ1v) is 9.06. The van der Waals surface area contributed by atoms with Gasteiger partial charge in [0, 0.05) is 23.2 Å². The van der Waals surface area contributed by atoms with Crippen molar-refractivity contribution in [2.75, 3.05) is 12.4 Å². The summed E-state index contributed by atoms with van der Waals surface area (Å²) in [5.74, 6) is 0.718. The van der Waals surface area contributed by atoms with Crippen molar-refractivity contribution in [1.29, 1.82) is 0 Å². The summed E-state index contributed by atoms with van der Waals surface area (Å²) >= 11 is 0. The maximum Gasteiger partial charge on any atom is 0.276 e. The van der Waals surface area contributed by atoms with Crippen LogP contribution in [0.15, 0.2) is 48.5 Å². The van der Waals surface area contributed by atoms with E-state index in [1.54, 1.807) is 12.1 Å². The Morgan fingerprint density at radius 2 is 1.93 bits per heavy atom. The molecule has 0 aliphatic heterocycles. The fraction of sp³-hybridized carbons (Fsp3) is 0.143. The Balaban J connectivity index is 1.77. The van der Waals surface area contributed by atoms with Crippen molar-refractivity contribution in [3.05, 3.63) is 65.4 Å². The van der Waals surface area contributed by atoms with Crippen LogP contribution >= 0.6 is 0 Å². The normalized spacial score (nSPS) is 10.8. The van der Waals surface area contributed by atoms with E-state index in [2.05, 4.69) is 25.5 Å². The van der Waals surface area contributed by atoms with Crippen LogP contribution in [0.25, 0.3) is 22.3 Å². The molecule has 0 saturated heterocycles. The number of hydrogen-bond donors (Lipinski definition) is 3. The molecule has 8 heteroatoms. The third-order valence-electron chi connectivity index (χ3n) is 4.66. The van der Waals surface area contributed by atoms with Gasteiger partial charge in [0.25, 0.3) is 11.8 Å². The fourth-order valence-corrected chi connectivity index (χ4v) is 3.30. The Hall–Kier alpha value is -3.94. The Morgan fingerprint density at radius 3 is 2.66 bits per heavy atom. The van der Waals surface area contributed by atoms with Crippen molar-refractivity contribution in [1.82, 2.24) is 20.2 Å². The lowest BCUT2D eigenvalue weighted by atomic mass is 10.1. The van der Waals surface area contributed by atoms with Gasteiger partial charge in [-0.15, -0.1) is 10.2 Å². The van der Waals surface area contributed by atoms with Crippen molar-refractivity contribution >= 4 is 22.6 Å². The number of aromatic amines is 1. The zero-order valence-electron chi connectivity index (χ0n) is 16.1. The van der Waals surface area contributed by atoms with Gasteiger partial charge in [-0.2, -0.15) is 0 Å². The number of ether oxygens (including phenoxy) is 1. The molecule has 0 bridgehead atoms. The molecule has 4 aromatic rings. The first-order chi connectivity index (χ1) is 14.1. The minimum atomic E-state index is -0.498. The van der Waals surface area contributed by atoms with Gasteiger partial charge in [0.05, 0.1) is 18.2 Å². The largest absolute Gasteiger partial charge is 0.477 e. The molecule has 146 valence electrons. The molecule has 4 N–H and O–H groups in total. The minimum absolute atomic E-state index is 0.306. The molecule has 0 fully saturated rings. The van der Waals surface area contributed by atoms with Gasteiger partial charge >= 0.3 is 0 Å². The Morgan fingerprint density at radius 1 is 1.14 bits per heavy atom. The van der Waals surface area contributed by atoms with Gasteiger partial charge in [0.15, 0.2) is 11.6 Å². The molecule has 0 saturated carbocycles. The monoisotopic (exact) mass is 388 g/mol. The van der Waals surface area contributed by atoms with Crippen LogP contribution in [0.3, 0.4) is 0 Å². The number of nitrogens with one attached hydrogen (secondary N) is 2. The van der Waals surface area contributed by atoms with E-state index in [1.807, 2.05) is 43.3 Å². The van der Waals surface area contributed by atoms with Crippen LogP contribution in [0.4, 0.5) is 5.82 Å². The molecule has 2 aromatic heterocycles. The first kappa shape index (κ1) is 18.4. The number of carbonyl (C=O) groups excluding carboxylic acids is 1. The summed E-state index contributed by atoms with van der Waals surface area (Å²) < 4.78 is 5.31. The van der Waals surface area contributed by atoms with Crippen LogP contribution < -0.4 is 15.8 Å². The number of rotatable bonds is 6. The highest BCUT2D eigenvalue weighted by molar-refractivity contribution is 6.09. The highest BCUT2D eigenvalue weighted by Gasteiger charge is 2.19. The van der Waals surface area contributed by atoms with E-state index in [-0.39, 0.29) is 0 Å². The predicted molar refractivity (Wildman–Crippen MR) is 111 cm³/mol. The third-order valence-corrected chi connectivity index (χ3v) is 4.66. The number of carbonyl (C=O) groups is 1. The predicted octanol–water partition coefficient (Wildman–Crippen LogP) is 3.05. The molecule has 0 aliphatic carbocycles. The second-order valence-electron chi connectivity index (χ2n) is 6.55.